The van der Waals surface area contributed by atoms with Crippen LogP contribution in [0.4, 0.5) is 0 Å². The van der Waals surface area contributed by atoms with Crippen LogP contribution in [0.2, 0.25) is 0 Å². The van der Waals surface area contributed by atoms with Crippen LogP contribution in [0, 0.1) is 0 Å². The summed E-state index contributed by atoms with van der Waals surface area (Å²) in [6, 6.07) is 2.20. The summed E-state index contributed by atoms with van der Waals surface area (Å²) in [7, 11) is -3.73. The van der Waals surface area contributed by atoms with Gasteiger partial charge in [-0.05, 0) is 25.0 Å². The number of nitrogens with zero attached hydrogens (tertiary/aromatic N) is 1. The summed E-state index contributed by atoms with van der Waals surface area (Å²) in [5, 5.41) is 18.3. The van der Waals surface area contributed by atoms with Crippen molar-refractivity contribution in [3.8, 4) is 0 Å². The number of rotatable bonds is 4. The van der Waals surface area contributed by atoms with E-state index in [1.54, 1.807) is 0 Å². The van der Waals surface area contributed by atoms with Gasteiger partial charge in [0.15, 0.2) is 0 Å². The minimum atomic E-state index is -3.73. The summed E-state index contributed by atoms with van der Waals surface area (Å²) in [6.45, 7) is 0.157. The molecule has 0 spiro atoms. The Morgan fingerprint density at radius 2 is 2.10 bits per heavy atom. The third-order valence-corrected chi connectivity index (χ3v) is 6.88. The summed E-state index contributed by atoms with van der Waals surface area (Å²) >= 11 is 0.750. The number of aromatic carboxylic acids is 1. The quantitative estimate of drug-likeness (QED) is 0.874. The maximum atomic E-state index is 12.6. The van der Waals surface area contributed by atoms with Crippen molar-refractivity contribution >= 4 is 27.3 Å². The van der Waals surface area contributed by atoms with Crippen LogP contribution < -0.4 is 0 Å². The van der Waals surface area contributed by atoms with E-state index in [1.807, 2.05) is 0 Å². The number of aliphatic hydroxyl groups is 1. The number of carboxylic acid groups (broad SMARTS) is 1. The monoisotopic (exact) mass is 319 g/mol. The lowest BCUT2D eigenvalue weighted by Crippen LogP contribution is -2.41. The third kappa shape index (κ3) is 3.03. The summed E-state index contributed by atoms with van der Waals surface area (Å²) in [5.41, 5.74) is 0. The Bertz CT molecular complexity index is 580. The van der Waals surface area contributed by atoms with Crippen LogP contribution in [-0.4, -0.2) is 48.1 Å². The van der Waals surface area contributed by atoms with Crippen LogP contribution in [0.3, 0.4) is 0 Å². The number of thiophene rings is 1. The zero-order valence-corrected chi connectivity index (χ0v) is 12.5. The lowest BCUT2D eigenvalue weighted by Gasteiger charge is -2.26. The van der Waals surface area contributed by atoms with Gasteiger partial charge in [-0.25, -0.2) is 13.2 Å². The second kappa shape index (κ2) is 6.21. The molecule has 0 aliphatic carbocycles. The largest absolute Gasteiger partial charge is 0.477 e. The van der Waals surface area contributed by atoms with Crippen molar-refractivity contribution in [1.29, 1.82) is 0 Å². The molecule has 0 bridgehead atoms. The van der Waals surface area contributed by atoms with Crippen molar-refractivity contribution in [1.82, 2.24) is 4.31 Å². The fourth-order valence-electron chi connectivity index (χ4n) is 2.34. The van der Waals surface area contributed by atoms with Crippen molar-refractivity contribution in [3.63, 3.8) is 0 Å². The predicted octanol–water partition coefficient (Wildman–Crippen LogP) is 1.37. The lowest BCUT2D eigenvalue weighted by molar-refractivity contribution is 0.0702. The highest BCUT2D eigenvalue weighted by atomic mass is 32.2. The van der Waals surface area contributed by atoms with E-state index in [1.165, 1.54) is 16.4 Å². The SMILES string of the molecule is O=C(O)c1ccc(S(=O)(=O)N2CCCCCC2CO)s1. The van der Waals surface area contributed by atoms with Crippen LogP contribution >= 0.6 is 11.3 Å². The zero-order chi connectivity index (χ0) is 14.8. The molecule has 6 nitrogen and oxygen atoms in total. The van der Waals surface area contributed by atoms with E-state index in [0.717, 1.165) is 30.6 Å². The maximum absolute atomic E-state index is 12.6. The molecule has 1 aliphatic heterocycles. The highest BCUT2D eigenvalue weighted by molar-refractivity contribution is 7.91. The number of aliphatic hydroxyl groups excluding tert-OH is 1. The first kappa shape index (κ1) is 15.4. The summed E-state index contributed by atoms with van der Waals surface area (Å²) in [5.74, 6) is -1.13. The van der Waals surface area contributed by atoms with Crippen molar-refractivity contribution < 1.29 is 23.4 Å². The fourth-order valence-corrected chi connectivity index (χ4v) is 5.30. The van der Waals surface area contributed by atoms with E-state index >= 15 is 0 Å². The predicted molar refractivity (Wildman–Crippen MR) is 74.5 cm³/mol. The van der Waals surface area contributed by atoms with Gasteiger partial charge in [-0.15, -0.1) is 11.3 Å². The molecule has 0 radical (unpaired) electrons. The van der Waals surface area contributed by atoms with Crippen LogP contribution in [-0.2, 0) is 10.0 Å². The molecular formula is C12H17NO5S2. The first-order valence-corrected chi connectivity index (χ1v) is 8.68. The third-order valence-electron chi connectivity index (χ3n) is 3.39. The van der Waals surface area contributed by atoms with Gasteiger partial charge in [-0.2, -0.15) is 4.31 Å². The molecule has 0 amide bonds. The van der Waals surface area contributed by atoms with Crippen LogP contribution in [0.5, 0.6) is 0 Å². The van der Waals surface area contributed by atoms with Gasteiger partial charge in [0.25, 0.3) is 10.0 Å². The molecule has 1 aromatic rings. The van der Waals surface area contributed by atoms with Crippen molar-refractivity contribution in [3.05, 3.63) is 17.0 Å². The van der Waals surface area contributed by atoms with E-state index in [9.17, 15) is 18.3 Å². The maximum Gasteiger partial charge on any atom is 0.345 e. The summed E-state index contributed by atoms with van der Waals surface area (Å²) < 4.78 is 26.5. The van der Waals surface area contributed by atoms with Gasteiger partial charge in [0, 0.05) is 12.6 Å². The van der Waals surface area contributed by atoms with E-state index in [4.69, 9.17) is 5.11 Å². The Hall–Kier alpha value is -0.960. The average molecular weight is 319 g/mol. The van der Waals surface area contributed by atoms with Gasteiger partial charge in [-0.3, -0.25) is 0 Å². The number of hydrogen-bond acceptors (Lipinski definition) is 5. The van der Waals surface area contributed by atoms with E-state index in [0.29, 0.717) is 13.0 Å². The number of hydrogen-bond donors (Lipinski definition) is 2. The van der Waals surface area contributed by atoms with E-state index < -0.39 is 22.0 Å². The highest BCUT2D eigenvalue weighted by Crippen LogP contribution is 2.29. The Morgan fingerprint density at radius 1 is 1.35 bits per heavy atom. The number of sulfonamides is 1. The van der Waals surface area contributed by atoms with E-state index in [-0.39, 0.29) is 15.7 Å². The number of carboxylic acids is 1. The molecule has 1 unspecified atom stereocenters. The van der Waals surface area contributed by atoms with Gasteiger partial charge in [-0.1, -0.05) is 12.8 Å². The minimum absolute atomic E-state index is 0.000976. The van der Waals surface area contributed by atoms with Crippen molar-refractivity contribution in [2.45, 2.75) is 35.9 Å². The van der Waals surface area contributed by atoms with Crippen molar-refractivity contribution in [2.24, 2.45) is 0 Å². The molecule has 2 rings (SSSR count). The molecule has 1 saturated heterocycles. The van der Waals surface area contributed by atoms with Gasteiger partial charge in [0.2, 0.25) is 0 Å². The molecule has 1 atom stereocenters. The van der Waals surface area contributed by atoms with Gasteiger partial charge in [0.1, 0.15) is 9.09 Å². The van der Waals surface area contributed by atoms with Crippen LogP contribution in [0.15, 0.2) is 16.3 Å². The second-order valence-corrected chi connectivity index (χ2v) is 7.93. The molecule has 1 aliphatic rings. The topological polar surface area (TPSA) is 94.9 Å². The Kier molecular flexibility index (Phi) is 4.79. The first-order chi connectivity index (χ1) is 9.46. The zero-order valence-electron chi connectivity index (χ0n) is 10.9. The molecule has 1 fully saturated rings. The molecule has 1 aromatic heterocycles. The highest BCUT2D eigenvalue weighted by Gasteiger charge is 2.33. The summed E-state index contributed by atoms with van der Waals surface area (Å²) in [6.07, 6.45) is 3.22. The number of carbonyl (C=O) groups is 1. The Balaban J connectivity index is 2.33. The normalized spacial score (nSPS) is 21.6. The molecule has 0 saturated carbocycles. The second-order valence-electron chi connectivity index (χ2n) is 4.73. The van der Waals surface area contributed by atoms with Crippen LogP contribution in [0.1, 0.15) is 35.4 Å². The fraction of sp³-hybridized carbons (Fsp3) is 0.583. The Morgan fingerprint density at radius 3 is 2.70 bits per heavy atom. The molecule has 0 aromatic carbocycles. The van der Waals surface area contributed by atoms with Crippen LogP contribution in [0.25, 0.3) is 0 Å². The average Bonchev–Trinajstić information content (AvgIpc) is 2.78. The molecule has 2 N–H and O–H groups in total. The van der Waals surface area contributed by atoms with Gasteiger partial charge in [0.05, 0.1) is 6.61 Å². The van der Waals surface area contributed by atoms with Gasteiger partial charge >= 0.3 is 5.97 Å². The molecule has 112 valence electrons. The smallest absolute Gasteiger partial charge is 0.345 e. The lowest BCUT2D eigenvalue weighted by atomic mass is 10.1. The summed E-state index contributed by atoms with van der Waals surface area (Å²) in [4.78, 5) is 10.9. The molecule has 8 heteroatoms. The first-order valence-electron chi connectivity index (χ1n) is 6.42. The Labute approximate surface area is 121 Å². The molecule has 2 heterocycles. The van der Waals surface area contributed by atoms with Gasteiger partial charge < -0.3 is 10.2 Å². The van der Waals surface area contributed by atoms with Crippen molar-refractivity contribution in [2.75, 3.05) is 13.2 Å². The minimum Gasteiger partial charge on any atom is -0.477 e. The van der Waals surface area contributed by atoms with E-state index in [2.05, 4.69) is 0 Å². The molecule has 20 heavy (non-hydrogen) atoms. The molecular weight excluding hydrogens is 302 g/mol. The standard InChI is InChI=1S/C12H17NO5S2/c14-8-9-4-2-1-3-7-13(9)20(17,18)11-6-5-10(19-11)12(15)16/h5-6,9,14H,1-4,7-8H2,(H,15,16).